The van der Waals surface area contributed by atoms with Gasteiger partial charge in [-0.3, -0.25) is 24.9 Å². The number of nitrogens with zero attached hydrogens (tertiary/aromatic N) is 6. The molecule has 0 spiro atoms. The highest BCUT2D eigenvalue weighted by molar-refractivity contribution is 5.93. The summed E-state index contributed by atoms with van der Waals surface area (Å²) in [7, 11) is 0. The first kappa shape index (κ1) is 39.9. The third kappa shape index (κ3) is 9.46. The third-order valence-electron chi connectivity index (χ3n) is 8.76. The molecule has 2 unspecified atom stereocenters. The maximum Gasteiger partial charge on any atom is 0.357 e. The van der Waals surface area contributed by atoms with Gasteiger partial charge in [0.2, 0.25) is 0 Å². The number of carbonyl (C=O) groups excluding carboxylic acids is 6. The maximum absolute atomic E-state index is 14.0. The van der Waals surface area contributed by atoms with E-state index in [1.54, 1.807) is 0 Å². The Morgan fingerprint density at radius 3 is 0.800 bits per heavy atom. The molecule has 0 saturated heterocycles. The summed E-state index contributed by atoms with van der Waals surface area (Å²) in [6, 6.07) is 18.4. The Labute approximate surface area is 339 Å². The van der Waals surface area contributed by atoms with Crippen molar-refractivity contribution < 1.29 is 57.2 Å². The first-order valence-corrected chi connectivity index (χ1v) is 17.9. The van der Waals surface area contributed by atoms with Gasteiger partial charge in [0.25, 0.3) is 0 Å². The van der Waals surface area contributed by atoms with Crippen LogP contribution < -0.4 is 0 Å². The first-order valence-electron chi connectivity index (χ1n) is 17.9. The largest absolute Gasteiger partial charge is 0.450 e. The van der Waals surface area contributed by atoms with Crippen LogP contribution in [0.25, 0.3) is 0 Å². The highest BCUT2D eigenvalue weighted by atomic mass is 16.7. The average Bonchev–Trinajstić information content (AvgIpc) is 3.31. The molecule has 18 nitrogen and oxygen atoms in total. The van der Waals surface area contributed by atoms with Crippen molar-refractivity contribution in [3.8, 4) is 0 Å². The van der Waals surface area contributed by atoms with Crippen molar-refractivity contribution >= 4 is 35.8 Å². The minimum absolute atomic E-state index is 0.108. The summed E-state index contributed by atoms with van der Waals surface area (Å²) in [5.74, 6) is -6.57. The van der Waals surface area contributed by atoms with Crippen LogP contribution in [0.2, 0.25) is 0 Å². The molecule has 0 amide bonds. The summed E-state index contributed by atoms with van der Waals surface area (Å²) in [5, 5.41) is 0. The molecule has 18 heteroatoms. The Hall–Kier alpha value is -8.28. The van der Waals surface area contributed by atoms with Crippen LogP contribution in [0.5, 0.6) is 0 Å². The lowest BCUT2D eigenvalue weighted by molar-refractivity contribution is -0.223. The van der Waals surface area contributed by atoms with Gasteiger partial charge >= 0.3 is 35.8 Å². The zero-order valence-electron chi connectivity index (χ0n) is 30.9. The standard InChI is InChI=1S/C42H30N6O12/c49-37(25-8-3-14-43-20-25)55-31-32(56-38(50)26-9-4-15-44-21-26)34(58-40(52)28-11-6-17-46-23-28)36(60-42(54)30-13-1-2-19-48-30)35(59-41(53)29-12-7-18-47-24-29)33(31)57-39(51)27-10-5-16-45-22-27/h1-24,31-36H/t31?,32-,33-,34-,35+,36?/m1/s1. The van der Waals surface area contributed by atoms with Gasteiger partial charge in [-0.05, 0) is 72.8 Å². The number of hydrogen-bond acceptors (Lipinski definition) is 18. The van der Waals surface area contributed by atoms with E-state index in [0.717, 1.165) is 0 Å². The summed E-state index contributed by atoms with van der Waals surface area (Å²) < 4.78 is 36.1. The molecule has 6 aromatic rings. The predicted octanol–water partition coefficient (Wildman–Crippen LogP) is 3.72. The van der Waals surface area contributed by atoms with Crippen molar-refractivity contribution in [2.75, 3.05) is 0 Å². The number of esters is 6. The highest BCUT2D eigenvalue weighted by Gasteiger charge is 2.62. The number of carbonyl (C=O) groups is 6. The lowest BCUT2D eigenvalue weighted by atomic mass is 9.83. The molecule has 60 heavy (non-hydrogen) atoms. The van der Waals surface area contributed by atoms with Gasteiger partial charge in [0, 0.05) is 68.2 Å². The molecule has 1 saturated carbocycles. The summed E-state index contributed by atoms with van der Waals surface area (Å²) >= 11 is 0. The van der Waals surface area contributed by atoms with Gasteiger partial charge in [0.1, 0.15) is 5.69 Å². The van der Waals surface area contributed by atoms with Crippen molar-refractivity contribution in [2.45, 2.75) is 36.6 Å². The van der Waals surface area contributed by atoms with Gasteiger partial charge in [0.05, 0.1) is 27.8 Å². The number of hydrogen-bond donors (Lipinski definition) is 0. The molecular formula is C42H30N6O12. The lowest BCUT2D eigenvalue weighted by Crippen LogP contribution is -2.69. The fraction of sp³-hybridized carbons (Fsp3) is 0.143. The normalized spacial score (nSPS) is 19.4. The fourth-order valence-electron chi connectivity index (χ4n) is 5.97. The first-order chi connectivity index (χ1) is 29.3. The second-order valence-electron chi connectivity index (χ2n) is 12.6. The average molecular weight is 811 g/mol. The zero-order chi connectivity index (χ0) is 41.8. The number of aromatic nitrogens is 6. The monoisotopic (exact) mass is 810 g/mol. The molecule has 0 radical (unpaired) electrons. The maximum atomic E-state index is 14.0. The van der Waals surface area contributed by atoms with Gasteiger partial charge < -0.3 is 28.4 Å². The second-order valence-corrected chi connectivity index (χ2v) is 12.6. The van der Waals surface area contributed by atoms with Crippen molar-refractivity contribution in [3.05, 3.63) is 181 Å². The van der Waals surface area contributed by atoms with Crippen LogP contribution in [0, 0.1) is 0 Å². The molecule has 0 bridgehead atoms. The molecule has 6 atom stereocenters. The molecule has 6 heterocycles. The van der Waals surface area contributed by atoms with E-state index in [1.165, 1.54) is 147 Å². The molecule has 7 rings (SSSR count). The van der Waals surface area contributed by atoms with Crippen LogP contribution in [0.15, 0.2) is 147 Å². The van der Waals surface area contributed by atoms with Gasteiger partial charge in [-0.2, -0.15) is 0 Å². The van der Waals surface area contributed by atoms with E-state index in [-0.39, 0.29) is 33.5 Å². The number of pyridine rings is 6. The molecule has 1 aliphatic carbocycles. The van der Waals surface area contributed by atoms with E-state index in [9.17, 15) is 28.8 Å². The second kappa shape index (κ2) is 18.8. The topological polar surface area (TPSA) is 235 Å². The highest BCUT2D eigenvalue weighted by Crippen LogP contribution is 2.37. The minimum Gasteiger partial charge on any atom is -0.450 e. The van der Waals surface area contributed by atoms with Gasteiger partial charge in [-0.15, -0.1) is 0 Å². The SMILES string of the molecule is O=C(OC1[C@@H](OC(=O)c2cccnc2)[C@H](OC(=O)c2cccnc2)C(OC(=O)c2ccccn2)[C@H](OC(=O)c2cccnc2)[C@@H]1OC(=O)c1cccnc1)c1cccnc1. The molecule has 1 fully saturated rings. The van der Waals surface area contributed by atoms with Crippen LogP contribution in [-0.2, 0) is 28.4 Å². The molecule has 0 N–H and O–H groups in total. The van der Waals surface area contributed by atoms with Crippen molar-refractivity contribution in [1.29, 1.82) is 0 Å². The third-order valence-corrected chi connectivity index (χ3v) is 8.76. The van der Waals surface area contributed by atoms with E-state index in [4.69, 9.17) is 28.4 Å². The van der Waals surface area contributed by atoms with Gasteiger partial charge in [-0.25, -0.2) is 33.8 Å². The Bertz CT molecular complexity index is 1980. The fourth-order valence-corrected chi connectivity index (χ4v) is 5.97. The van der Waals surface area contributed by atoms with Crippen molar-refractivity contribution in [1.82, 2.24) is 29.9 Å². The van der Waals surface area contributed by atoms with Crippen LogP contribution in [0.4, 0.5) is 0 Å². The number of ether oxygens (including phenoxy) is 6. The summed E-state index contributed by atoms with van der Waals surface area (Å²) in [6.45, 7) is 0. The van der Waals surface area contributed by atoms with Crippen LogP contribution in [-0.4, -0.2) is 102 Å². The zero-order valence-corrected chi connectivity index (χ0v) is 30.9. The molecule has 0 aliphatic heterocycles. The molecule has 0 aromatic carbocycles. The molecule has 300 valence electrons. The quantitative estimate of drug-likeness (QED) is 0.126. The van der Waals surface area contributed by atoms with E-state index in [2.05, 4.69) is 29.9 Å². The van der Waals surface area contributed by atoms with E-state index in [0.29, 0.717) is 0 Å². The summed E-state index contributed by atoms with van der Waals surface area (Å²) in [5.41, 5.74) is -0.787. The summed E-state index contributed by atoms with van der Waals surface area (Å²) in [6.07, 6.45) is 2.18. The van der Waals surface area contributed by atoms with E-state index < -0.39 is 72.4 Å². The smallest absolute Gasteiger partial charge is 0.357 e. The van der Waals surface area contributed by atoms with Crippen LogP contribution >= 0.6 is 0 Å². The molecular weight excluding hydrogens is 780 g/mol. The van der Waals surface area contributed by atoms with Gasteiger partial charge in [0.15, 0.2) is 36.6 Å². The Morgan fingerprint density at radius 2 is 0.583 bits per heavy atom. The summed E-state index contributed by atoms with van der Waals surface area (Å²) in [4.78, 5) is 108. The Balaban J connectivity index is 1.43. The van der Waals surface area contributed by atoms with Crippen LogP contribution in [0.1, 0.15) is 62.3 Å². The molecule has 6 aromatic heterocycles. The van der Waals surface area contributed by atoms with Crippen LogP contribution in [0.3, 0.4) is 0 Å². The van der Waals surface area contributed by atoms with Gasteiger partial charge in [-0.1, -0.05) is 6.07 Å². The Kier molecular flexibility index (Phi) is 12.5. The van der Waals surface area contributed by atoms with E-state index in [1.807, 2.05) is 0 Å². The van der Waals surface area contributed by atoms with Crippen molar-refractivity contribution in [2.24, 2.45) is 0 Å². The Morgan fingerprint density at radius 1 is 0.317 bits per heavy atom. The lowest BCUT2D eigenvalue weighted by Gasteiger charge is -2.47. The molecule has 1 aliphatic rings. The van der Waals surface area contributed by atoms with Crippen molar-refractivity contribution in [3.63, 3.8) is 0 Å². The predicted molar refractivity (Wildman–Crippen MR) is 201 cm³/mol. The minimum atomic E-state index is -2.01. The number of rotatable bonds is 12. The van der Waals surface area contributed by atoms with E-state index >= 15 is 0 Å².